The van der Waals surface area contributed by atoms with Crippen LogP contribution in [0.2, 0.25) is 0 Å². The van der Waals surface area contributed by atoms with Crippen molar-refractivity contribution in [2.75, 3.05) is 24.6 Å². The highest BCUT2D eigenvalue weighted by molar-refractivity contribution is 7.99. The molecule has 2 rings (SSSR count). The number of carbonyl (C=O) groups excluding carboxylic acids is 1. The number of nitrogens with one attached hydrogen (secondary N) is 1. The zero-order valence-corrected chi connectivity index (χ0v) is 10.4. The lowest BCUT2D eigenvalue weighted by Crippen LogP contribution is -2.57. The molecule has 2 aliphatic heterocycles. The number of thioether (sulfide) groups is 1. The van der Waals surface area contributed by atoms with Crippen LogP contribution < -0.4 is 5.32 Å². The Morgan fingerprint density at radius 1 is 1.60 bits per heavy atom. The summed E-state index contributed by atoms with van der Waals surface area (Å²) in [5.41, 5.74) is -0.281. The maximum atomic E-state index is 12.4. The molecule has 0 aliphatic carbocycles. The van der Waals surface area contributed by atoms with E-state index in [1.54, 1.807) is 0 Å². The van der Waals surface area contributed by atoms with Crippen LogP contribution in [0.3, 0.4) is 0 Å². The summed E-state index contributed by atoms with van der Waals surface area (Å²) in [6.45, 7) is 6.11. The molecule has 1 amide bonds. The number of amides is 1. The number of hydrogen-bond acceptors (Lipinski definition) is 3. The number of nitrogens with zero attached hydrogens (tertiary/aromatic N) is 1. The van der Waals surface area contributed by atoms with Gasteiger partial charge in [-0.1, -0.05) is 0 Å². The molecular weight excluding hydrogens is 208 g/mol. The van der Waals surface area contributed by atoms with Crippen LogP contribution in [0.5, 0.6) is 0 Å². The molecule has 2 saturated heterocycles. The molecule has 0 aromatic carbocycles. The van der Waals surface area contributed by atoms with E-state index in [0.717, 1.165) is 37.4 Å². The average molecular weight is 228 g/mol. The predicted octanol–water partition coefficient (Wildman–Crippen LogP) is 1.09. The predicted molar refractivity (Wildman–Crippen MR) is 64.1 cm³/mol. The number of hydrogen-bond donors (Lipinski definition) is 1. The van der Waals surface area contributed by atoms with E-state index >= 15 is 0 Å². The van der Waals surface area contributed by atoms with E-state index in [4.69, 9.17) is 0 Å². The van der Waals surface area contributed by atoms with Crippen molar-refractivity contribution >= 4 is 17.7 Å². The van der Waals surface area contributed by atoms with Crippen LogP contribution in [0.25, 0.3) is 0 Å². The fourth-order valence-corrected chi connectivity index (χ4v) is 3.44. The van der Waals surface area contributed by atoms with Crippen LogP contribution >= 0.6 is 11.8 Å². The fourth-order valence-electron chi connectivity index (χ4n) is 2.42. The van der Waals surface area contributed by atoms with Crippen molar-refractivity contribution in [1.82, 2.24) is 10.2 Å². The van der Waals surface area contributed by atoms with Gasteiger partial charge in [0.2, 0.25) is 5.91 Å². The third kappa shape index (κ3) is 2.16. The van der Waals surface area contributed by atoms with Crippen LogP contribution in [-0.2, 0) is 4.79 Å². The monoisotopic (exact) mass is 228 g/mol. The van der Waals surface area contributed by atoms with Gasteiger partial charge in [-0.15, -0.1) is 0 Å². The first-order valence-electron chi connectivity index (χ1n) is 5.77. The van der Waals surface area contributed by atoms with Crippen molar-refractivity contribution in [2.45, 2.75) is 38.3 Å². The van der Waals surface area contributed by atoms with Crippen molar-refractivity contribution in [3.8, 4) is 0 Å². The average Bonchev–Trinajstić information content (AvgIpc) is 2.66. The quantitative estimate of drug-likeness (QED) is 0.729. The molecule has 2 fully saturated rings. The molecule has 0 spiro atoms. The first-order chi connectivity index (χ1) is 7.13. The van der Waals surface area contributed by atoms with Gasteiger partial charge >= 0.3 is 0 Å². The maximum Gasteiger partial charge on any atom is 0.242 e. The summed E-state index contributed by atoms with van der Waals surface area (Å²) in [6.07, 6.45) is 2.11. The molecule has 2 aliphatic rings. The summed E-state index contributed by atoms with van der Waals surface area (Å²) in [5.74, 6) is 2.49. The minimum Gasteiger partial charge on any atom is -0.337 e. The molecule has 4 heteroatoms. The SMILES string of the molecule is CC1CSCCN1C(=O)C1(C)CCCN1. The summed E-state index contributed by atoms with van der Waals surface area (Å²) in [6, 6.07) is 0.399. The lowest BCUT2D eigenvalue weighted by atomic mass is 9.97. The van der Waals surface area contributed by atoms with Gasteiger partial charge in [0.15, 0.2) is 0 Å². The van der Waals surface area contributed by atoms with E-state index in [-0.39, 0.29) is 5.54 Å². The van der Waals surface area contributed by atoms with E-state index in [1.807, 2.05) is 11.8 Å². The van der Waals surface area contributed by atoms with Gasteiger partial charge in [0.05, 0.1) is 5.54 Å². The van der Waals surface area contributed by atoms with Crippen LogP contribution in [0.15, 0.2) is 0 Å². The topological polar surface area (TPSA) is 32.3 Å². The van der Waals surface area contributed by atoms with E-state index in [9.17, 15) is 4.79 Å². The lowest BCUT2D eigenvalue weighted by molar-refractivity contribution is -0.138. The Labute approximate surface area is 96.0 Å². The smallest absolute Gasteiger partial charge is 0.242 e. The zero-order valence-electron chi connectivity index (χ0n) is 9.58. The van der Waals surface area contributed by atoms with Gasteiger partial charge in [-0.25, -0.2) is 0 Å². The van der Waals surface area contributed by atoms with E-state index in [2.05, 4.69) is 24.1 Å². The van der Waals surface area contributed by atoms with Crippen molar-refractivity contribution in [1.29, 1.82) is 0 Å². The highest BCUT2D eigenvalue weighted by Crippen LogP contribution is 2.25. The van der Waals surface area contributed by atoms with Crippen molar-refractivity contribution in [2.24, 2.45) is 0 Å². The van der Waals surface area contributed by atoms with E-state index in [1.165, 1.54) is 0 Å². The zero-order chi connectivity index (χ0) is 10.9. The summed E-state index contributed by atoms with van der Waals surface area (Å²) in [5, 5.41) is 3.35. The standard InChI is InChI=1S/C11H20N2OS/c1-9-8-15-7-6-13(9)10(14)11(2)4-3-5-12-11/h9,12H,3-8H2,1-2H3. The highest BCUT2D eigenvalue weighted by Gasteiger charge is 2.40. The molecule has 0 saturated carbocycles. The van der Waals surface area contributed by atoms with Crippen LogP contribution in [0, 0.1) is 0 Å². The van der Waals surface area contributed by atoms with Gasteiger partial charge in [0.25, 0.3) is 0 Å². The molecule has 1 N–H and O–H groups in total. The fraction of sp³-hybridized carbons (Fsp3) is 0.909. The first-order valence-corrected chi connectivity index (χ1v) is 6.93. The van der Waals surface area contributed by atoms with Gasteiger partial charge < -0.3 is 10.2 Å². The highest BCUT2D eigenvalue weighted by atomic mass is 32.2. The maximum absolute atomic E-state index is 12.4. The molecule has 2 unspecified atom stereocenters. The van der Waals surface area contributed by atoms with Crippen LogP contribution in [-0.4, -0.2) is 47.0 Å². The molecule has 0 bridgehead atoms. The molecule has 86 valence electrons. The molecule has 0 radical (unpaired) electrons. The van der Waals surface area contributed by atoms with Crippen molar-refractivity contribution in [3.63, 3.8) is 0 Å². The third-order valence-electron chi connectivity index (χ3n) is 3.47. The Morgan fingerprint density at radius 2 is 2.40 bits per heavy atom. The Hall–Kier alpha value is -0.220. The van der Waals surface area contributed by atoms with Gasteiger partial charge in [-0.05, 0) is 33.2 Å². The summed E-state index contributed by atoms with van der Waals surface area (Å²) in [7, 11) is 0. The number of rotatable bonds is 1. The largest absolute Gasteiger partial charge is 0.337 e. The van der Waals surface area contributed by atoms with Crippen LogP contribution in [0.1, 0.15) is 26.7 Å². The second-order valence-corrected chi connectivity index (χ2v) is 5.93. The third-order valence-corrected chi connectivity index (χ3v) is 4.66. The normalized spacial score (nSPS) is 36.9. The minimum atomic E-state index is -0.281. The van der Waals surface area contributed by atoms with Crippen LogP contribution in [0.4, 0.5) is 0 Å². The van der Waals surface area contributed by atoms with E-state index in [0.29, 0.717) is 11.9 Å². The summed E-state index contributed by atoms with van der Waals surface area (Å²) in [4.78, 5) is 14.5. The van der Waals surface area contributed by atoms with Gasteiger partial charge in [0.1, 0.15) is 0 Å². The van der Waals surface area contributed by atoms with Gasteiger partial charge in [-0.3, -0.25) is 4.79 Å². The second-order valence-electron chi connectivity index (χ2n) is 4.78. The minimum absolute atomic E-state index is 0.281. The molecule has 2 atom stereocenters. The van der Waals surface area contributed by atoms with Crippen molar-refractivity contribution < 1.29 is 4.79 Å². The molecule has 3 nitrogen and oxygen atoms in total. The molecule has 0 aromatic rings. The Morgan fingerprint density at radius 3 is 3.00 bits per heavy atom. The second kappa shape index (κ2) is 4.34. The Bertz CT molecular complexity index is 251. The Kier molecular flexibility index (Phi) is 3.26. The van der Waals surface area contributed by atoms with E-state index < -0.39 is 0 Å². The summed E-state index contributed by atoms with van der Waals surface area (Å²) < 4.78 is 0. The number of carbonyl (C=O) groups is 1. The Balaban J connectivity index is 2.05. The van der Waals surface area contributed by atoms with Gasteiger partial charge in [-0.2, -0.15) is 11.8 Å². The first kappa shape index (κ1) is 11.3. The van der Waals surface area contributed by atoms with Crippen molar-refractivity contribution in [3.05, 3.63) is 0 Å². The molecule has 2 heterocycles. The summed E-state index contributed by atoms with van der Waals surface area (Å²) >= 11 is 1.95. The molecular formula is C11H20N2OS. The lowest BCUT2D eigenvalue weighted by Gasteiger charge is -2.38. The van der Waals surface area contributed by atoms with Gasteiger partial charge in [0, 0.05) is 24.1 Å². The molecule has 0 aromatic heterocycles. The molecule has 15 heavy (non-hydrogen) atoms.